The van der Waals surface area contributed by atoms with E-state index in [2.05, 4.69) is 11.5 Å². The van der Waals surface area contributed by atoms with Crippen LogP contribution in [0, 0.1) is 6.92 Å². The minimum Gasteiger partial charge on any atom is -0.452 e. The molecule has 0 amide bonds. The number of furan rings is 1. The SMILES string of the molecule is CCn1cc(/C=C2\Oc3cc(OC(=O)c4cc5cc(Cl)ccc5o4)cc(C)c3C2=O)c2ccccc21. The van der Waals surface area contributed by atoms with Crippen molar-refractivity contribution in [2.45, 2.75) is 20.4 Å². The molecule has 6 rings (SSSR count). The number of benzene rings is 3. The molecule has 1 aliphatic rings. The van der Waals surface area contributed by atoms with Crippen LogP contribution >= 0.6 is 11.6 Å². The topological polar surface area (TPSA) is 70.7 Å². The van der Waals surface area contributed by atoms with Crippen LogP contribution in [0.4, 0.5) is 0 Å². The number of hydrogen-bond donors (Lipinski definition) is 0. The monoisotopic (exact) mass is 497 g/mol. The number of allylic oxidation sites excluding steroid dienone is 1. The molecule has 6 nitrogen and oxygen atoms in total. The Morgan fingerprint density at radius 3 is 2.78 bits per heavy atom. The fourth-order valence-corrected chi connectivity index (χ4v) is 4.78. The summed E-state index contributed by atoms with van der Waals surface area (Å²) in [4.78, 5) is 25.9. The molecule has 3 aromatic carbocycles. The van der Waals surface area contributed by atoms with Gasteiger partial charge < -0.3 is 18.5 Å². The second-order valence-corrected chi connectivity index (χ2v) is 9.06. The summed E-state index contributed by atoms with van der Waals surface area (Å²) < 4.78 is 19.2. The smallest absolute Gasteiger partial charge is 0.379 e. The van der Waals surface area contributed by atoms with Crippen LogP contribution in [0.5, 0.6) is 11.5 Å². The molecule has 0 fully saturated rings. The highest BCUT2D eigenvalue weighted by molar-refractivity contribution is 6.31. The van der Waals surface area contributed by atoms with Gasteiger partial charge in [0.15, 0.2) is 5.76 Å². The van der Waals surface area contributed by atoms with Gasteiger partial charge >= 0.3 is 5.97 Å². The summed E-state index contributed by atoms with van der Waals surface area (Å²) in [5, 5.41) is 2.28. The lowest BCUT2D eigenvalue weighted by molar-refractivity contribution is 0.0703. The van der Waals surface area contributed by atoms with Crippen molar-refractivity contribution < 1.29 is 23.5 Å². The molecule has 0 saturated heterocycles. The first kappa shape index (κ1) is 22.2. The van der Waals surface area contributed by atoms with E-state index in [0.29, 0.717) is 32.9 Å². The Kier molecular flexibility index (Phi) is 5.20. The first-order chi connectivity index (χ1) is 17.4. The van der Waals surface area contributed by atoms with Crippen molar-refractivity contribution in [1.82, 2.24) is 4.57 Å². The Morgan fingerprint density at radius 1 is 1.11 bits per heavy atom. The number of ether oxygens (including phenoxy) is 2. The zero-order chi connectivity index (χ0) is 25.0. The van der Waals surface area contributed by atoms with Gasteiger partial charge in [0, 0.05) is 45.7 Å². The standard InChI is InChI=1S/C29H20ClNO5/c1-3-31-15-18(21-6-4-5-7-22(21)31)13-25-28(32)27-16(2)10-20(14-24(27)36-25)34-29(33)26-12-17-11-19(30)8-9-23(17)35-26/h4-15H,3H2,1-2H3/b25-13-. The van der Waals surface area contributed by atoms with E-state index < -0.39 is 5.97 Å². The number of aryl methyl sites for hydroxylation is 2. The van der Waals surface area contributed by atoms with Crippen LogP contribution in [0.1, 0.15) is 39.0 Å². The molecule has 0 radical (unpaired) electrons. The Bertz CT molecular complexity index is 1740. The van der Waals surface area contributed by atoms with Gasteiger partial charge in [0.2, 0.25) is 11.5 Å². The maximum absolute atomic E-state index is 13.2. The van der Waals surface area contributed by atoms with Gasteiger partial charge in [0.05, 0.1) is 5.56 Å². The van der Waals surface area contributed by atoms with Gasteiger partial charge in [-0.3, -0.25) is 4.79 Å². The van der Waals surface area contributed by atoms with E-state index in [-0.39, 0.29) is 23.1 Å². The molecule has 3 heterocycles. The number of carbonyl (C=O) groups is 2. The minimum absolute atomic E-state index is 0.0512. The van der Waals surface area contributed by atoms with Crippen molar-refractivity contribution >= 4 is 51.3 Å². The zero-order valence-electron chi connectivity index (χ0n) is 19.5. The Hall–Kier alpha value is -4.29. The molecule has 7 heteroatoms. The van der Waals surface area contributed by atoms with Crippen LogP contribution in [0.15, 0.2) is 77.0 Å². The molecule has 0 atom stereocenters. The van der Waals surface area contributed by atoms with Crippen molar-refractivity contribution in [1.29, 1.82) is 0 Å². The molecule has 2 aromatic heterocycles. The number of halogens is 1. The van der Waals surface area contributed by atoms with Gasteiger partial charge in [0.1, 0.15) is 17.1 Å². The summed E-state index contributed by atoms with van der Waals surface area (Å²) >= 11 is 6.02. The number of para-hydroxylation sites is 1. The maximum Gasteiger partial charge on any atom is 0.379 e. The van der Waals surface area contributed by atoms with Gasteiger partial charge in [-0.1, -0.05) is 29.8 Å². The van der Waals surface area contributed by atoms with E-state index in [4.69, 9.17) is 25.5 Å². The number of Topliss-reactive ketones (excluding diaryl/α,β-unsaturated/α-hetero) is 1. The number of ketones is 1. The molecule has 0 aliphatic carbocycles. The van der Waals surface area contributed by atoms with Crippen LogP contribution in [0.2, 0.25) is 5.02 Å². The number of hydrogen-bond acceptors (Lipinski definition) is 5. The van der Waals surface area contributed by atoms with E-state index in [0.717, 1.165) is 23.0 Å². The predicted molar refractivity (Wildman–Crippen MR) is 138 cm³/mol. The quantitative estimate of drug-likeness (QED) is 0.149. The van der Waals surface area contributed by atoms with E-state index in [1.165, 1.54) is 0 Å². The zero-order valence-corrected chi connectivity index (χ0v) is 20.3. The molecule has 0 spiro atoms. The van der Waals surface area contributed by atoms with Crippen molar-refractivity contribution in [3.05, 3.63) is 100 Å². The van der Waals surface area contributed by atoms with E-state index in [1.54, 1.807) is 49.4 Å². The third-order valence-corrected chi connectivity index (χ3v) is 6.52. The number of nitrogens with zero attached hydrogens (tertiary/aromatic N) is 1. The molecule has 1 aliphatic heterocycles. The molecule has 36 heavy (non-hydrogen) atoms. The summed E-state index contributed by atoms with van der Waals surface area (Å²) in [7, 11) is 0. The van der Waals surface area contributed by atoms with E-state index >= 15 is 0 Å². The largest absolute Gasteiger partial charge is 0.452 e. The number of esters is 1. The van der Waals surface area contributed by atoms with Gasteiger partial charge in [0.25, 0.3) is 0 Å². The number of rotatable bonds is 4. The summed E-state index contributed by atoms with van der Waals surface area (Å²) in [5.41, 5.74) is 3.63. The maximum atomic E-state index is 13.2. The highest BCUT2D eigenvalue weighted by atomic mass is 35.5. The van der Waals surface area contributed by atoms with Crippen molar-refractivity contribution in [2.75, 3.05) is 0 Å². The summed E-state index contributed by atoms with van der Waals surface area (Å²) in [6.07, 6.45) is 3.78. The Labute approximate surface area is 211 Å². The summed E-state index contributed by atoms with van der Waals surface area (Å²) in [5.74, 6) is 0.0214. The van der Waals surface area contributed by atoms with Gasteiger partial charge in [-0.15, -0.1) is 0 Å². The second kappa shape index (κ2) is 8.43. The van der Waals surface area contributed by atoms with Crippen molar-refractivity contribution in [3.63, 3.8) is 0 Å². The number of aromatic nitrogens is 1. The minimum atomic E-state index is -0.658. The lowest BCUT2D eigenvalue weighted by atomic mass is 10.0. The second-order valence-electron chi connectivity index (χ2n) is 8.62. The predicted octanol–water partition coefficient (Wildman–Crippen LogP) is 7.20. The molecular formula is C29H20ClNO5. The average molecular weight is 498 g/mol. The first-order valence-electron chi connectivity index (χ1n) is 11.5. The highest BCUT2D eigenvalue weighted by Gasteiger charge is 2.31. The summed E-state index contributed by atoms with van der Waals surface area (Å²) in [6.45, 7) is 4.67. The molecule has 0 bridgehead atoms. The van der Waals surface area contributed by atoms with Crippen LogP contribution in [-0.4, -0.2) is 16.3 Å². The number of fused-ring (bicyclic) bond motifs is 3. The lowest BCUT2D eigenvalue weighted by Crippen LogP contribution is -2.07. The van der Waals surface area contributed by atoms with Crippen LogP contribution in [0.25, 0.3) is 27.9 Å². The normalized spacial score (nSPS) is 14.0. The molecule has 178 valence electrons. The fraction of sp³-hybridized carbons (Fsp3) is 0.103. The third-order valence-electron chi connectivity index (χ3n) is 6.28. The summed E-state index contributed by atoms with van der Waals surface area (Å²) in [6, 6.07) is 17.9. The first-order valence-corrected chi connectivity index (χ1v) is 11.9. The van der Waals surface area contributed by atoms with E-state index in [1.807, 2.05) is 30.5 Å². The lowest BCUT2D eigenvalue weighted by Gasteiger charge is -2.06. The third kappa shape index (κ3) is 3.67. The van der Waals surface area contributed by atoms with E-state index in [9.17, 15) is 9.59 Å². The van der Waals surface area contributed by atoms with Crippen LogP contribution in [-0.2, 0) is 6.54 Å². The fourth-order valence-electron chi connectivity index (χ4n) is 4.60. The van der Waals surface area contributed by atoms with Crippen LogP contribution in [0.3, 0.4) is 0 Å². The van der Waals surface area contributed by atoms with Gasteiger partial charge in [-0.25, -0.2) is 4.79 Å². The molecule has 0 unspecified atom stereocenters. The molecular weight excluding hydrogens is 478 g/mol. The van der Waals surface area contributed by atoms with Crippen LogP contribution < -0.4 is 9.47 Å². The van der Waals surface area contributed by atoms with Gasteiger partial charge in [-0.05, 0) is 61.9 Å². The average Bonchev–Trinajstić information content (AvgIpc) is 3.53. The van der Waals surface area contributed by atoms with Crippen molar-refractivity contribution in [2.24, 2.45) is 0 Å². The molecule has 0 N–H and O–H groups in total. The molecule has 5 aromatic rings. The van der Waals surface area contributed by atoms with Gasteiger partial charge in [-0.2, -0.15) is 0 Å². The highest BCUT2D eigenvalue weighted by Crippen LogP contribution is 2.38. The Morgan fingerprint density at radius 2 is 1.94 bits per heavy atom. The molecule has 0 saturated carbocycles. The van der Waals surface area contributed by atoms with Crippen molar-refractivity contribution in [3.8, 4) is 11.5 Å². The Balaban J connectivity index is 1.30. The number of carbonyl (C=O) groups excluding carboxylic acids is 2.